The fourth-order valence-corrected chi connectivity index (χ4v) is 2.89. The Kier molecular flexibility index (Phi) is 3.09. The van der Waals surface area contributed by atoms with Crippen LogP contribution in [0.2, 0.25) is 5.02 Å². The van der Waals surface area contributed by atoms with E-state index in [2.05, 4.69) is 15.2 Å². The van der Waals surface area contributed by atoms with E-state index in [1.807, 2.05) is 48.3 Å². The highest BCUT2D eigenvalue weighted by molar-refractivity contribution is 6.31. The molecule has 0 saturated heterocycles. The number of fused-ring (bicyclic) bond motifs is 1. The average Bonchev–Trinajstić information content (AvgIpc) is 3.21. The van der Waals surface area contributed by atoms with Crippen molar-refractivity contribution in [2.24, 2.45) is 12.0 Å². The number of rotatable bonds is 2. The summed E-state index contributed by atoms with van der Waals surface area (Å²) < 4.78 is 1.93. The van der Waals surface area contributed by atoms with Crippen molar-refractivity contribution < 1.29 is 0 Å². The number of nitrogens with one attached hydrogen (secondary N) is 2. The molecule has 4 rings (SSSR count). The Morgan fingerprint density at radius 3 is 2.91 bits per heavy atom. The standard InChI is InChI=1S/C17H13ClN4O/c1-22-5-4-10(9-22)16-14(17(23)21-20-16)6-11-8-19-15-3-2-12(18)7-13(11)15/h2-9H,1H3,(H2,20,21,23)/b11-6+. The van der Waals surface area contributed by atoms with Gasteiger partial charge in [-0.2, -0.15) is 0 Å². The van der Waals surface area contributed by atoms with Gasteiger partial charge < -0.3 is 4.57 Å². The molecule has 0 radical (unpaired) electrons. The molecule has 0 bridgehead atoms. The van der Waals surface area contributed by atoms with Gasteiger partial charge in [-0.3, -0.25) is 20.0 Å². The van der Waals surface area contributed by atoms with Crippen LogP contribution in [0.1, 0.15) is 11.1 Å². The number of aromatic amines is 2. The largest absolute Gasteiger partial charge is 0.357 e. The molecule has 2 aromatic heterocycles. The first kappa shape index (κ1) is 13.8. The highest BCUT2D eigenvalue weighted by Gasteiger charge is 2.16. The van der Waals surface area contributed by atoms with E-state index >= 15 is 0 Å². The molecule has 0 spiro atoms. The molecular formula is C17H13ClN4O. The van der Waals surface area contributed by atoms with Crippen LogP contribution in [0.5, 0.6) is 0 Å². The summed E-state index contributed by atoms with van der Waals surface area (Å²) in [4.78, 5) is 16.5. The summed E-state index contributed by atoms with van der Waals surface area (Å²) in [6.45, 7) is 0. The maximum atomic E-state index is 12.2. The summed E-state index contributed by atoms with van der Waals surface area (Å²) >= 11 is 6.07. The lowest BCUT2D eigenvalue weighted by Gasteiger charge is -2.01. The molecule has 3 aromatic rings. The van der Waals surface area contributed by atoms with Gasteiger partial charge in [-0.1, -0.05) is 11.6 Å². The van der Waals surface area contributed by atoms with E-state index in [1.165, 1.54) is 0 Å². The molecule has 0 amide bonds. The third kappa shape index (κ3) is 2.35. The second-order valence-corrected chi connectivity index (χ2v) is 5.89. The maximum Gasteiger partial charge on any atom is 0.271 e. The lowest BCUT2D eigenvalue weighted by Crippen LogP contribution is -2.02. The first-order chi connectivity index (χ1) is 11.1. The van der Waals surface area contributed by atoms with Gasteiger partial charge in [0.25, 0.3) is 5.56 Å². The van der Waals surface area contributed by atoms with E-state index in [-0.39, 0.29) is 5.56 Å². The lowest BCUT2D eigenvalue weighted by atomic mass is 10.0. The Balaban J connectivity index is 1.85. The Morgan fingerprint density at radius 1 is 1.26 bits per heavy atom. The number of halogens is 1. The van der Waals surface area contributed by atoms with Crippen LogP contribution in [0, 0.1) is 0 Å². The van der Waals surface area contributed by atoms with Crippen LogP contribution in [0.25, 0.3) is 22.9 Å². The minimum Gasteiger partial charge on any atom is -0.357 e. The molecule has 6 heteroatoms. The Hall–Kier alpha value is -2.79. The van der Waals surface area contributed by atoms with Gasteiger partial charge >= 0.3 is 0 Å². The van der Waals surface area contributed by atoms with Crippen LogP contribution in [-0.4, -0.2) is 21.0 Å². The van der Waals surface area contributed by atoms with E-state index in [0.29, 0.717) is 10.6 Å². The molecule has 0 saturated carbocycles. The van der Waals surface area contributed by atoms with E-state index in [9.17, 15) is 4.79 Å². The van der Waals surface area contributed by atoms with Gasteiger partial charge in [0.2, 0.25) is 0 Å². The molecule has 0 fully saturated rings. The quantitative estimate of drug-likeness (QED) is 0.743. The number of allylic oxidation sites excluding steroid dienone is 1. The van der Waals surface area contributed by atoms with E-state index in [1.54, 1.807) is 12.3 Å². The van der Waals surface area contributed by atoms with Crippen molar-refractivity contribution in [2.45, 2.75) is 0 Å². The normalized spacial score (nSPS) is 14.6. The van der Waals surface area contributed by atoms with Crippen molar-refractivity contribution in [1.29, 1.82) is 0 Å². The van der Waals surface area contributed by atoms with Gasteiger partial charge in [-0.05, 0) is 30.3 Å². The number of benzene rings is 1. The number of aryl methyl sites for hydroxylation is 1. The van der Waals surface area contributed by atoms with Crippen LogP contribution in [-0.2, 0) is 7.05 Å². The van der Waals surface area contributed by atoms with Crippen molar-refractivity contribution in [3.63, 3.8) is 0 Å². The Morgan fingerprint density at radius 2 is 2.13 bits per heavy atom. The van der Waals surface area contributed by atoms with Crippen LogP contribution < -0.4 is 5.56 Å². The third-order valence-corrected chi connectivity index (χ3v) is 4.08. The van der Waals surface area contributed by atoms with Crippen molar-refractivity contribution in [1.82, 2.24) is 14.8 Å². The Labute approximate surface area is 136 Å². The molecule has 5 nitrogen and oxygen atoms in total. The molecule has 3 heterocycles. The van der Waals surface area contributed by atoms with E-state index < -0.39 is 0 Å². The minimum atomic E-state index is -0.166. The van der Waals surface area contributed by atoms with Crippen molar-refractivity contribution >= 4 is 35.2 Å². The molecule has 1 aliphatic heterocycles. The predicted molar refractivity (Wildman–Crippen MR) is 93.3 cm³/mol. The van der Waals surface area contributed by atoms with Crippen LogP contribution >= 0.6 is 11.6 Å². The van der Waals surface area contributed by atoms with Gasteiger partial charge in [0.05, 0.1) is 16.9 Å². The van der Waals surface area contributed by atoms with E-state index in [4.69, 9.17) is 11.6 Å². The lowest BCUT2D eigenvalue weighted by molar-refractivity contribution is 0.928. The second-order valence-electron chi connectivity index (χ2n) is 5.45. The summed E-state index contributed by atoms with van der Waals surface area (Å²) in [6.07, 6.45) is 7.48. The minimum absolute atomic E-state index is 0.166. The molecule has 0 atom stereocenters. The second kappa shape index (κ2) is 5.14. The fraction of sp³-hybridized carbons (Fsp3) is 0.0588. The number of aromatic nitrogens is 3. The first-order valence-corrected chi connectivity index (χ1v) is 7.48. The molecule has 1 aliphatic rings. The highest BCUT2D eigenvalue weighted by Crippen LogP contribution is 2.35. The van der Waals surface area contributed by atoms with Crippen molar-refractivity contribution in [3.8, 4) is 11.3 Å². The summed E-state index contributed by atoms with van der Waals surface area (Å²) in [5.74, 6) is 0. The maximum absolute atomic E-state index is 12.2. The molecule has 0 aliphatic carbocycles. The van der Waals surface area contributed by atoms with Crippen LogP contribution in [0.4, 0.5) is 5.69 Å². The fourth-order valence-electron chi connectivity index (χ4n) is 2.72. The first-order valence-electron chi connectivity index (χ1n) is 7.10. The van der Waals surface area contributed by atoms with Crippen LogP contribution in [0.3, 0.4) is 0 Å². The molecular weight excluding hydrogens is 312 g/mol. The zero-order valence-corrected chi connectivity index (χ0v) is 13.1. The number of H-pyrrole nitrogens is 2. The van der Waals surface area contributed by atoms with Gasteiger partial charge in [-0.25, -0.2) is 0 Å². The molecule has 0 unspecified atom stereocenters. The summed E-state index contributed by atoms with van der Waals surface area (Å²) in [6, 6.07) is 7.49. The molecule has 2 N–H and O–H groups in total. The zero-order valence-electron chi connectivity index (χ0n) is 12.3. The predicted octanol–water partition coefficient (Wildman–Crippen LogP) is 3.62. The van der Waals surface area contributed by atoms with Crippen LogP contribution in [0.15, 0.2) is 46.4 Å². The molecule has 1 aromatic carbocycles. The van der Waals surface area contributed by atoms with Crippen molar-refractivity contribution in [3.05, 3.63) is 63.2 Å². The third-order valence-electron chi connectivity index (χ3n) is 3.85. The van der Waals surface area contributed by atoms with Gasteiger partial charge in [0.15, 0.2) is 0 Å². The van der Waals surface area contributed by atoms with Gasteiger partial charge in [0, 0.05) is 47.4 Å². The smallest absolute Gasteiger partial charge is 0.271 e. The number of aliphatic imine (C=N–C) groups is 1. The Bertz CT molecular complexity index is 1020. The molecule has 23 heavy (non-hydrogen) atoms. The monoisotopic (exact) mass is 324 g/mol. The highest BCUT2D eigenvalue weighted by atomic mass is 35.5. The van der Waals surface area contributed by atoms with E-state index in [0.717, 1.165) is 28.1 Å². The number of hydrogen-bond donors (Lipinski definition) is 2. The average molecular weight is 325 g/mol. The molecule has 114 valence electrons. The van der Waals surface area contributed by atoms with Gasteiger partial charge in [0.1, 0.15) is 0 Å². The summed E-state index contributed by atoms with van der Waals surface area (Å²) in [5.41, 5.74) is 4.76. The zero-order chi connectivity index (χ0) is 16.0. The topological polar surface area (TPSA) is 65.9 Å². The van der Waals surface area contributed by atoms with Crippen molar-refractivity contribution in [2.75, 3.05) is 0 Å². The summed E-state index contributed by atoms with van der Waals surface area (Å²) in [7, 11) is 1.94. The SMILES string of the molecule is Cn1ccc(-c2[nH][nH]c(=O)c2/C=C2\C=Nc3ccc(Cl)cc32)c1. The number of hydrogen-bond acceptors (Lipinski definition) is 2. The summed E-state index contributed by atoms with van der Waals surface area (Å²) in [5, 5.41) is 6.24. The van der Waals surface area contributed by atoms with Gasteiger partial charge in [-0.15, -0.1) is 0 Å². The number of nitrogens with zero attached hydrogens (tertiary/aromatic N) is 2.